The molecule has 180 valence electrons. The lowest BCUT2D eigenvalue weighted by atomic mass is 9.96. The molecule has 0 bridgehead atoms. The van der Waals surface area contributed by atoms with Crippen LogP contribution in [0.15, 0.2) is 36.4 Å². The third kappa shape index (κ3) is 4.82. The standard InChI is InChI=1S/C26H32N4O4/c1-29-10-4-5-19-14-20(7-8-21(19)29)22(30-11-2-3-12-30)16-28-26(32)25(31)27-15-18-6-9-23-24(13-18)34-17-33-23/h6-9,13-14,22H,2-5,10-12,15-17H2,1H3,(H,27,31)(H,28,32)/t22-/m1/s1. The Labute approximate surface area is 200 Å². The minimum absolute atomic E-state index is 0.0608. The minimum Gasteiger partial charge on any atom is -0.454 e. The number of anilines is 1. The van der Waals surface area contributed by atoms with E-state index in [-0.39, 0.29) is 19.4 Å². The fourth-order valence-corrected chi connectivity index (χ4v) is 5.11. The molecule has 2 N–H and O–H groups in total. The number of hydrogen-bond donors (Lipinski definition) is 2. The van der Waals surface area contributed by atoms with Gasteiger partial charge in [-0.25, -0.2) is 0 Å². The molecule has 3 heterocycles. The number of nitrogens with one attached hydrogen (secondary N) is 2. The first-order valence-electron chi connectivity index (χ1n) is 12.1. The minimum atomic E-state index is -0.634. The molecule has 2 amide bonds. The summed E-state index contributed by atoms with van der Waals surface area (Å²) in [5.74, 6) is 0.100. The Bertz CT molecular complexity index is 1070. The molecule has 5 rings (SSSR count). The van der Waals surface area contributed by atoms with Gasteiger partial charge in [0, 0.05) is 32.4 Å². The summed E-state index contributed by atoms with van der Waals surface area (Å²) < 4.78 is 10.7. The number of carbonyl (C=O) groups excluding carboxylic acids is 2. The van der Waals surface area contributed by atoms with Crippen LogP contribution >= 0.6 is 0 Å². The SMILES string of the molecule is CN1CCCc2cc([C@@H](CNC(=O)C(=O)NCc3ccc4c(c3)OCO4)N3CCCC3)ccc21. The third-order valence-corrected chi connectivity index (χ3v) is 6.97. The van der Waals surface area contributed by atoms with Crippen molar-refractivity contribution in [3.8, 4) is 11.5 Å². The van der Waals surface area contributed by atoms with Gasteiger partial charge in [0.25, 0.3) is 0 Å². The van der Waals surface area contributed by atoms with E-state index in [0.717, 1.165) is 50.9 Å². The fraction of sp³-hybridized carbons (Fsp3) is 0.462. The van der Waals surface area contributed by atoms with Crippen molar-refractivity contribution in [3.05, 3.63) is 53.1 Å². The zero-order valence-electron chi connectivity index (χ0n) is 19.6. The number of benzene rings is 2. The molecule has 0 unspecified atom stereocenters. The Balaban J connectivity index is 1.21. The van der Waals surface area contributed by atoms with E-state index in [1.165, 1.54) is 16.8 Å². The smallest absolute Gasteiger partial charge is 0.309 e. The van der Waals surface area contributed by atoms with Gasteiger partial charge >= 0.3 is 11.8 Å². The van der Waals surface area contributed by atoms with Gasteiger partial charge in [0.05, 0.1) is 6.04 Å². The fourth-order valence-electron chi connectivity index (χ4n) is 5.11. The highest BCUT2D eigenvalue weighted by molar-refractivity contribution is 6.35. The summed E-state index contributed by atoms with van der Waals surface area (Å²) >= 11 is 0. The van der Waals surface area contributed by atoms with Crippen LogP contribution in [0.3, 0.4) is 0 Å². The van der Waals surface area contributed by atoms with Gasteiger partial charge in [-0.15, -0.1) is 0 Å². The second kappa shape index (κ2) is 9.93. The van der Waals surface area contributed by atoms with E-state index < -0.39 is 11.8 Å². The number of nitrogens with zero attached hydrogens (tertiary/aromatic N) is 2. The number of likely N-dealkylation sites (tertiary alicyclic amines) is 1. The lowest BCUT2D eigenvalue weighted by Gasteiger charge is -2.31. The Morgan fingerprint density at radius 2 is 1.74 bits per heavy atom. The highest BCUT2D eigenvalue weighted by Gasteiger charge is 2.26. The molecule has 1 fully saturated rings. The Hall–Kier alpha value is -3.26. The van der Waals surface area contributed by atoms with Crippen molar-refractivity contribution in [2.24, 2.45) is 0 Å². The first-order valence-corrected chi connectivity index (χ1v) is 12.1. The lowest BCUT2D eigenvalue weighted by Crippen LogP contribution is -2.43. The van der Waals surface area contributed by atoms with Crippen molar-refractivity contribution >= 4 is 17.5 Å². The maximum Gasteiger partial charge on any atom is 0.309 e. The Kier molecular flexibility index (Phi) is 6.58. The molecule has 0 aromatic heterocycles. The zero-order chi connectivity index (χ0) is 23.5. The quantitative estimate of drug-likeness (QED) is 0.639. The van der Waals surface area contributed by atoms with Crippen LogP contribution in [0.4, 0.5) is 5.69 Å². The van der Waals surface area contributed by atoms with E-state index in [1.54, 1.807) is 6.07 Å². The van der Waals surface area contributed by atoms with E-state index in [9.17, 15) is 9.59 Å². The van der Waals surface area contributed by atoms with Crippen LogP contribution in [0.25, 0.3) is 0 Å². The van der Waals surface area contributed by atoms with Gasteiger partial charge in [0.2, 0.25) is 6.79 Å². The largest absolute Gasteiger partial charge is 0.454 e. The molecule has 0 radical (unpaired) electrons. The van der Waals surface area contributed by atoms with Crippen LogP contribution < -0.4 is 25.0 Å². The van der Waals surface area contributed by atoms with Gasteiger partial charge in [-0.3, -0.25) is 14.5 Å². The van der Waals surface area contributed by atoms with Crippen LogP contribution in [0.5, 0.6) is 11.5 Å². The molecule has 3 aliphatic heterocycles. The molecule has 2 aromatic carbocycles. The molecular weight excluding hydrogens is 432 g/mol. The van der Waals surface area contributed by atoms with Gasteiger partial charge in [-0.2, -0.15) is 0 Å². The van der Waals surface area contributed by atoms with Crippen LogP contribution in [0.1, 0.15) is 42.0 Å². The van der Waals surface area contributed by atoms with Crippen molar-refractivity contribution in [1.29, 1.82) is 0 Å². The molecule has 34 heavy (non-hydrogen) atoms. The molecule has 1 saturated heterocycles. The predicted octanol–water partition coefficient (Wildman–Crippen LogP) is 2.37. The van der Waals surface area contributed by atoms with E-state index >= 15 is 0 Å². The van der Waals surface area contributed by atoms with E-state index in [4.69, 9.17) is 9.47 Å². The number of rotatable bonds is 6. The van der Waals surface area contributed by atoms with E-state index in [0.29, 0.717) is 18.0 Å². The summed E-state index contributed by atoms with van der Waals surface area (Å²) in [6.45, 7) is 3.95. The molecule has 8 heteroatoms. The Morgan fingerprint density at radius 3 is 2.59 bits per heavy atom. The van der Waals surface area contributed by atoms with E-state index in [2.05, 4.69) is 45.7 Å². The van der Waals surface area contributed by atoms with Crippen LogP contribution in [0.2, 0.25) is 0 Å². The van der Waals surface area contributed by atoms with Crippen LogP contribution in [0, 0.1) is 0 Å². The highest BCUT2D eigenvalue weighted by atomic mass is 16.7. The summed E-state index contributed by atoms with van der Waals surface area (Å²) in [5, 5.41) is 5.58. The number of ether oxygens (including phenoxy) is 2. The third-order valence-electron chi connectivity index (χ3n) is 6.97. The zero-order valence-corrected chi connectivity index (χ0v) is 19.6. The maximum atomic E-state index is 12.6. The predicted molar refractivity (Wildman–Crippen MR) is 129 cm³/mol. The average Bonchev–Trinajstić information content (AvgIpc) is 3.55. The molecule has 0 saturated carbocycles. The number of fused-ring (bicyclic) bond motifs is 2. The molecular formula is C26H32N4O4. The average molecular weight is 465 g/mol. The summed E-state index contributed by atoms with van der Waals surface area (Å²) in [4.78, 5) is 29.8. The van der Waals surface area contributed by atoms with E-state index in [1.807, 2.05) is 12.1 Å². The van der Waals surface area contributed by atoms with Gasteiger partial charge in [-0.05, 0) is 73.7 Å². The number of amides is 2. The first-order chi connectivity index (χ1) is 16.6. The summed E-state index contributed by atoms with van der Waals surface area (Å²) in [6.07, 6.45) is 4.55. The van der Waals surface area contributed by atoms with Gasteiger partial charge in [0.15, 0.2) is 11.5 Å². The summed E-state index contributed by atoms with van der Waals surface area (Å²) in [5.41, 5.74) is 4.71. The van der Waals surface area contributed by atoms with Crippen molar-refractivity contribution in [2.45, 2.75) is 38.3 Å². The summed E-state index contributed by atoms with van der Waals surface area (Å²) in [7, 11) is 2.14. The molecule has 0 spiro atoms. The summed E-state index contributed by atoms with van der Waals surface area (Å²) in [6, 6.07) is 12.2. The number of hydrogen-bond acceptors (Lipinski definition) is 6. The second-order valence-corrected chi connectivity index (χ2v) is 9.25. The molecule has 3 aliphatic rings. The highest BCUT2D eigenvalue weighted by Crippen LogP contribution is 2.33. The van der Waals surface area contributed by atoms with Crippen molar-refractivity contribution in [3.63, 3.8) is 0 Å². The Morgan fingerprint density at radius 1 is 0.941 bits per heavy atom. The van der Waals surface area contributed by atoms with Crippen molar-refractivity contribution in [1.82, 2.24) is 15.5 Å². The van der Waals surface area contributed by atoms with Gasteiger partial charge in [0.1, 0.15) is 0 Å². The van der Waals surface area contributed by atoms with Gasteiger partial charge in [-0.1, -0.05) is 18.2 Å². The van der Waals surface area contributed by atoms with Crippen molar-refractivity contribution in [2.75, 3.05) is 44.9 Å². The topological polar surface area (TPSA) is 83.1 Å². The lowest BCUT2D eigenvalue weighted by molar-refractivity contribution is -0.139. The van der Waals surface area contributed by atoms with Crippen molar-refractivity contribution < 1.29 is 19.1 Å². The molecule has 8 nitrogen and oxygen atoms in total. The number of carbonyl (C=O) groups is 2. The second-order valence-electron chi connectivity index (χ2n) is 9.25. The number of aryl methyl sites for hydroxylation is 1. The van der Waals surface area contributed by atoms with Crippen LogP contribution in [-0.2, 0) is 22.6 Å². The van der Waals surface area contributed by atoms with Gasteiger partial charge < -0.3 is 25.0 Å². The van der Waals surface area contributed by atoms with Crippen LogP contribution in [-0.4, -0.2) is 56.7 Å². The monoisotopic (exact) mass is 464 g/mol. The maximum absolute atomic E-state index is 12.6. The first kappa shape index (κ1) is 22.5. The molecule has 1 atom stereocenters. The molecule has 2 aromatic rings. The molecule has 0 aliphatic carbocycles. The normalized spacial score (nSPS) is 17.9.